The number of amides is 1. The Balaban J connectivity index is 1.79. The molecule has 0 saturated heterocycles. The van der Waals surface area contributed by atoms with Gasteiger partial charge in [-0.1, -0.05) is 17.3 Å². The Morgan fingerprint density at radius 3 is 2.53 bits per heavy atom. The highest BCUT2D eigenvalue weighted by Crippen LogP contribution is 2.36. The topological polar surface area (TPSA) is 102 Å². The van der Waals surface area contributed by atoms with E-state index in [2.05, 4.69) is 20.6 Å². The molecule has 1 aromatic carbocycles. The van der Waals surface area contributed by atoms with E-state index in [0.717, 1.165) is 12.3 Å². The fourth-order valence-corrected chi connectivity index (χ4v) is 3.21. The minimum atomic E-state index is -5.13. The summed E-state index contributed by atoms with van der Waals surface area (Å²) in [7, 11) is 0. The first-order valence-electron chi connectivity index (χ1n) is 9.20. The van der Waals surface area contributed by atoms with Crippen LogP contribution in [0.15, 0.2) is 42.7 Å². The van der Waals surface area contributed by atoms with Gasteiger partial charge in [-0.25, -0.2) is 9.48 Å². The highest BCUT2D eigenvalue weighted by atomic mass is 19.4. The average molecular weight is 480 g/mol. The predicted octanol–water partition coefficient (Wildman–Crippen LogP) is 3.70. The number of rotatable bonds is 3. The van der Waals surface area contributed by atoms with Crippen LogP contribution in [0.1, 0.15) is 33.0 Å². The molecule has 8 nitrogen and oxygen atoms in total. The molecule has 1 aliphatic rings. The van der Waals surface area contributed by atoms with Crippen LogP contribution in [0, 0.1) is 0 Å². The molecule has 0 radical (unpaired) electrons. The van der Waals surface area contributed by atoms with E-state index < -0.39 is 41.0 Å². The van der Waals surface area contributed by atoms with Gasteiger partial charge < -0.3 is 10.6 Å². The number of hydrogen-bond acceptors (Lipinski definition) is 6. The summed E-state index contributed by atoms with van der Waals surface area (Å²) in [5.74, 6) is 0.200. The molecule has 174 valence electrons. The first kappa shape index (κ1) is 22.7. The summed E-state index contributed by atoms with van der Waals surface area (Å²) in [6, 6.07) is 5.54. The van der Waals surface area contributed by atoms with E-state index >= 15 is 0 Å². The highest BCUT2D eigenvalue weighted by Gasteiger charge is 2.42. The van der Waals surface area contributed by atoms with Gasteiger partial charge in [-0.15, -0.1) is 5.10 Å². The van der Waals surface area contributed by atoms with Crippen molar-refractivity contribution in [3.8, 4) is 5.69 Å². The molecule has 0 fully saturated rings. The van der Waals surface area contributed by atoms with Crippen LogP contribution < -0.4 is 10.6 Å². The molecule has 0 unspecified atom stereocenters. The lowest BCUT2D eigenvalue weighted by atomic mass is 10.0. The van der Waals surface area contributed by atoms with Gasteiger partial charge in [0.15, 0.2) is 17.3 Å². The Morgan fingerprint density at radius 2 is 1.85 bits per heavy atom. The first-order chi connectivity index (χ1) is 16.0. The maximum Gasteiger partial charge on any atom is 0.435 e. The van der Waals surface area contributed by atoms with Gasteiger partial charge in [0.1, 0.15) is 11.4 Å². The maximum atomic E-state index is 14.0. The average Bonchev–Trinajstić information content (AvgIpc) is 3.24. The summed E-state index contributed by atoms with van der Waals surface area (Å²) in [6.45, 7) is 0. The van der Waals surface area contributed by atoms with Gasteiger partial charge >= 0.3 is 12.4 Å². The molecule has 0 atom stereocenters. The van der Waals surface area contributed by atoms with E-state index in [1.807, 2.05) is 5.32 Å². The zero-order valence-corrected chi connectivity index (χ0v) is 16.5. The van der Waals surface area contributed by atoms with Crippen molar-refractivity contribution in [2.45, 2.75) is 12.4 Å². The number of fused-ring (bicyclic) bond motifs is 1. The summed E-state index contributed by atoms with van der Waals surface area (Å²) in [5.41, 5.74) is -4.28. The van der Waals surface area contributed by atoms with E-state index in [4.69, 9.17) is 0 Å². The van der Waals surface area contributed by atoms with Crippen LogP contribution in [0.4, 0.5) is 32.0 Å². The van der Waals surface area contributed by atoms with E-state index in [0.29, 0.717) is 10.7 Å². The molecular weight excluding hydrogens is 470 g/mol. The fourth-order valence-electron chi connectivity index (χ4n) is 3.21. The van der Waals surface area contributed by atoms with Crippen molar-refractivity contribution >= 4 is 29.3 Å². The summed E-state index contributed by atoms with van der Waals surface area (Å²) >= 11 is 0. The van der Waals surface area contributed by atoms with Crippen molar-refractivity contribution in [3.05, 3.63) is 70.9 Å². The Labute approximate surface area is 185 Å². The van der Waals surface area contributed by atoms with E-state index in [1.165, 1.54) is 30.5 Å². The SMILES string of the molecule is O=C=C1NC=Cc2c1cccc2-n1nnc(C(=O)Nc2ccnc(C(F)(F)F)c2)c1C(F)(F)F. The Bertz CT molecular complexity index is 1370. The van der Waals surface area contributed by atoms with Crippen LogP contribution in [0.2, 0.25) is 0 Å². The molecule has 3 aromatic rings. The fraction of sp³-hybridized carbons (Fsp3) is 0.100. The van der Waals surface area contributed by atoms with Crippen LogP contribution >= 0.6 is 0 Å². The zero-order chi connectivity index (χ0) is 24.7. The number of anilines is 1. The van der Waals surface area contributed by atoms with Gasteiger partial charge in [0.05, 0.1) is 5.69 Å². The molecule has 3 heterocycles. The third-order valence-corrected chi connectivity index (χ3v) is 4.62. The molecule has 1 aliphatic heterocycles. The number of halogens is 6. The molecular formula is C20H10F6N6O2. The van der Waals surface area contributed by atoms with Crippen LogP contribution in [0.5, 0.6) is 0 Å². The lowest BCUT2D eigenvalue weighted by Crippen LogP contribution is -2.22. The minimum Gasteiger partial charge on any atom is -0.352 e. The van der Waals surface area contributed by atoms with Crippen LogP contribution in [-0.4, -0.2) is 31.8 Å². The number of alkyl halides is 6. The van der Waals surface area contributed by atoms with E-state index in [9.17, 15) is 35.9 Å². The maximum absolute atomic E-state index is 14.0. The number of hydrogen-bond donors (Lipinski definition) is 2. The van der Waals surface area contributed by atoms with Crippen LogP contribution in [0.25, 0.3) is 17.5 Å². The summed E-state index contributed by atoms with van der Waals surface area (Å²) in [5, 5.41) is 11.4. The number of pyridine rings is 1. The number of carbonyl (C=O) groups excluding carboxylic acids is 2. The number of benzene rings is 1. The Morgan fingerprint density at radius 1 is 1.09 bits per heavy atom. The van der Waals surface area contributed by atoms with Gasteiger partial charge in [-0.05, 0) is 24.3 Å². The normalized spacial score (nSPS) is 13.2. The summed E-state index contributed by atoms with van der Waals surface area (Å²) < 4.78 is 80.9. The molecule has 0 saturated carbocycles. The monoisotopic (exact) mass is 480 g/mol. The number of carbonyl (C=O) groups is 1. The van der Waals surface area contributed by atoms with Crippen molar-refractivity contribution in [1.29, 1.82) is 0 Å². The third kappa shape index (κ3) is 4.13. The van der Waals surface area contributed by atoms with Crippen molar-refractivity contribution in [2.24, 2.45) is 0 Å². The molecule has 0 aliphatic carbocycles. The van der Waals surface area contributed by atoms with Gasteiger partial charge in [-0.2, -0.15) is 26.3 Å². The van der Waals surface area contributed by atoms with E-state index in [-0.39, 0.29) is 22.5 Å². The predicted molar refractivity (Wildman–Crippen MR) is 105 cm³/mol. The van der Waals surface area contributed by atoms with Crippen molar-refractivity contribution in [2.75, 3.05) is 5.32 Å². The lowest BCUT2D eigenvalue weighted by Gasteiger charge is -2.18. The zero-order valence-electron chi connectivity index (χ0n) is 16.5. The van der Waals surface area contributed by atoms with Gasteiger partial charge in [0.2, 0.25) is 0 Å². The van der Waals surface area contributed by atoms with Gasteiger partial charge in [0.25, 0.3) is 5.91 Å². The Kier molecular flexibility index (Phi) is 5.45. The largest absolute Gasteiger partial charge is 0.435 e. The minimum absolute atomic E-state index is 0.0239. The highest BCUT2D eigenvalue weighted by molar-refractivity contribution is 6.04. The molecule has 2 N–H and O–H groups in total. The van der Waals surface area contributed by atoms with Crippen molar-refractivity contribution < 1.29 is 35.9 Å². The lowest BCUT2D eigenvalue weighted by molar-refractivity contribution is -0.143. The number of nitrogens with zero attached hydrogens (tertiary/aromatic N) is 4. The standard InChI is InChI=1S/C20H10F6N6O2/c21-19(22,23)15-8-10(4-6-28-15)29-18(34)16-17(20(24,25)26)32(31-30-16)14-3-1-2-11-12(14)5-7-27-13(11)9-33/h1-8,27H,(H,28,29,34). The van der Waals surface area contributed by atoms with Crippen LogP contribution in [0.3, 0.4) is 0 Å². The molecule has 4 rings (SSSR count). The third-order valence-electron chi connectivity index (χ3n) is 4.62. The van der Waals surface area contributed by atoms with Gasteiger partial charge in [-0.3, -0.25) is 9.78 Å². The van der Waals surface area contributed by atoms with Gasteiger partial charge in [0, 0.05) is 29.2 Å². The molecule has 0 bridgehead atoms. The summed E-state index contributed by atoms with van der Waals surface area (Å²) in [6.07, 6.45) is -6.51. The number of nitrogens with one attached hydrogen (secondary N) is 2. The molecule has 0 spiro atoms. The quantitative estimate of drug-likeness (QED) is 0.438. The van der Waals surface area contributed by atoms with E-state index in [1.54, 1.807) is 5.94 Å². The second kappa shape index (κ2) is 8.15. The molecule has 1 amide bonds. The molecule has 34 heavy (non-hydrogen) atoms. The molecule has 2 aromatic heterocycles. The number of aromatic nitrogens is 4. The van der Waals surface area contributed by atoms with Crippen LogP contribution in [-0.2, 0) is 17.1 Å². The second-order valence-electron chi connectivity index (χ2n) is 6.77. The van der Waals surface area contributed by atoms with Crippen molar-refractivity contribution in [1.82, 2.24) is 25.3 Å². The second-order valence-corrected chi connectivity index (χ2v) is 6.77. The summed E-state index contributed by atoms with van der Waals surface area (Å²) in [4.78, 5) is 26.8. The molecule has 14 heteroatoms. The first-order valence-corrected chi connectivity index (χ1v) is 9.20. The van der Waals surface area contributed by atoms with Crippen molar-refractivity contribution in [3.63, 3.8) is 0 Å². The smallest absolute Gasteiger partial charge is 0.352 e. The Hall–Kier alpha value is -4.45.